The van der Waals surface area contributed by atoms with Crippen molar-refractivity contribution in [1.82, 2.24) is 24.8 Å². The maximum absolute atomic E-state index is 12.3. The molecule has 8 nitrogen and oxygen atoms in total. The van der Waals surface area contributed by atoms with Crippen LogP contribution in [0.2, 0.25) is 0 Å². The maximum atomic E-state index is 12.3. The van der Waals surface area contributed by atoms with E-state index in [1.807, 2.05) is 0 Å². The average molecular weight is 314 g/mol. The molecule has 1 amide bonds. The van der Waals surface area contributed by atoms with Gasteiger partial charge in [-0.25, -0.2) is 9.97 Å². The third-order valence-electron chi connectivity index (χ3n) is 3.74. The topological polar surface area (TPSA) is 93.1 Å². The fraction of sp³-hybridized carbons (Fsp3) is 0.400. The summed E-state index contributed by atoms with van der Waals surface area (Å²) >= 11 is 0. The van der Waals surface area contributed by atoms with Crippen LogP contribution in [-0.2, 0) is 0 Å². The summed E-state index contributed by atoms with van der Waals surface area (Å²) < 4.78 is 5.08. The molecule has 2 aromatic heterocycles. The van der Waals surface area contributed by atoms with E-state index in [0.29, 0.717) is 30.6 Å². The summed E-state index contributed by atoms with van der Waals surface area (Å²) in [7, 11) is 1.57. The molecule has 0 aromatic carbocycles. The summed E-state index contributed by atoms with van der Waals surface area (Å²) in [6.07, 6.45) is 7.89. The number of carbonyl (C=O) groups excluding carboxylic acids is 1. The lowest BCUT2D eigenvalue weighted by atomic mass is 10.0. The van der Waals surface area contributed by atoms with Crippen molar-refractivity contribution in [3.8, 4) is 5.88 Å². The molecule has 0 spiro atoms. The Kier molecular flexibility index (Phi) is 4.60. The molecule has 8 heteroatoms. The van der Waals surface area contributed by atoms with E-state index in [0.717, 1.165) is 12.8 Å². The van der Waals surface area contributed by atoms with Gasteiger partial charge in [-0.2, -0.15) is 4.98 Å². The molecular weight excluding hydrogens is 296 g/mol. The Labute approximate surface area is 134 Å². The van der Waals surface area contributed by atoms with Crippen LogP contribution in [0.1, 0.15) is 23.3 Å². The molecule has 0 radical (unpaired) electrons. The van der Waals surface area contributed by atoms with Crippen molar-refractivity contribution in [3.05, 3.63) is 36.5 Å². The number of anilines is 1. The maximum Gasteiger partial charge on any atom is 0.274 e. The van der Waals surface area contributed by atoms with Crippen molar-refractivity contribution >= 4 is 11.9 Å². The highest BCUT2D eigenvalue weighted by atomic mass is 16.5. The molecule has 1 aliphatic rings. The van der Waals surface area contributed by atoms with E-state index >= 15 is 0 Å². The summed E-state index contributed by atoms with van der Waals surface area (Å²) in [5, 5.41) is 3.29. The lowest BCUT2D eigenvalue weighted by molar-refractivity contribution is 0.0712. The normalized spacial score (nSPS) is 15.3. The van der Waals surface area contributed by atoms with Crippen molar-refractivity contribution in [3.63, 3.8) is 0 Å². The van der Waals surface area contributed by atoms with Crippen molar-refractivity contribution in [2.75, 3.05) is 25.5 Å². The Morgan fingerprint density at radius 3 is 2.78 bits per heavy atom. The third kappa shape index (κ3) is 3.71. The van der Waals surface area contributed by atoms with E-state index in [1.165, 1.54) is 12.4 Å². The number of nitrogens with zero attached hydrogens (tertiary/aromatic N) is 5. The number of amides is 1. The van der Waals surface area contributed by atoms with Crippen LogP contribution in [0.5, 0.6) is 5.88 Å². The van der Waals surface area contributed by atoms with Gasteiger partial charge in [0.1, 0.15) is 5.69 Å². The first-order valence-corrected chi connectivity index (χ1v) is 7.45. The largest absolute Gasteiger partial charge is 0.481 e. The van der Waals surface area contributed by atoms with Gasteiger partial charge in [0, 0.05) is 43.8 Å². The Balaban J connectivity index is 1.55. The van der Waals surface area contributed by atoms with E-state index in [4.69, 9.17) is 4.74 Å². The molecule has 1 saturated heterocycles. The standard InChI is InChI=1S/C15H18N6O2/c1-23-13-2-5-18-15(20-13)19-11-3-8-21(9-4-11)14(22)12-10-16-6-7-17-12/h2,5-7,10-11H,3-4,8-9H2,1H3,(H,18,19,20). The van der Waals surface area contributed by atoms with Gasteiger partial charge in [0.25, 0.3) is 5.91 Å². The zero-order chi connectivity index (χ0) is 16.1. The molecule has 1 aliphatic heterocycles. The van der Waals surface area contributed by atoms with Crippen molar-refractivity contribution in [2.45, 2.75) is 18.9 Å². The number of piperidine rings is 1. The molecule has 2 aromatic rings. The zero-order valence-electron chi connectivity index (χ0n) is 12.8. The molecule has 23 heavy (non-hydrogen) atoms. The second-order valence-electron chi connectivity index (χ2n) is 5.22. The van der Waals surface area contributed by atoms with Gasteiger partial charge in [0.05, 0.1) is 13.3 Å². The smallest absolute Gasteiger partial charge is 0.274 e. The van der Waals surface area contributed by atoms with Gasteiger partial charge in [0.15, 0.2) is 0 Å². The predicted octanol–water partition coefficient (Wildman–Crippen LogP) is 0.992. The highest BCUT2D eigenvalue weighted by Crippen LogP contribution is 2.17. The SMILES string of the molecule is COc1ccnc(NC2CCN(C(=O)c3cnccn3)CC2)n1. The summed E-state index contributed by atoms with van der Waals surface area (Å²) in [5.74, 6) is 0.995. The molecule has 0 aliphatic carbocycles. The highest BCUT2D eigenvalue weighted by molar-refractivity contribution is 5.92. The molecule has 120 valence electrons. The van der Waals surface area contributed by atoms with Crippen LogP contribution >= 0.6 is 0 Å². The fourth-order valence-electron chi connectivity index (χ4n) is 2.51. The molecule has 1 fully saturated rings. The van der Waals surface area contributed by atoms with Crippen molar-refractivity contribution in [1.29, 1.82) is 0 Å². The highest BCUT2D eigenvalue weighted by Gasteiger charge is 2.24. The molecule has 0 bridgehead atoms. The number of carbonyl (C=O) groups is 1. The lowest BCUT2D eigenvalue weighted by Crippen LogP contribution is -2.42. The molecule has 0 saturated carbocycles. The molecule has 1 N–H and O–H groups in total. The first kappa shape index (κ1) is 15.1. The molecule has 0 unspecified atom stereocenters. The van der Waals surface area contributed by atoms with E-state index in [9.17, 15) is 4.79 Å². The van der Waals surface area contributed by atoms with E-state index in [2.05, 4.69) is 25.3 Å². The van der Waals surface area contributed by atoms with E-state index < -0.39 is 0 Å². The molecule has 3 rings (SSSR count). The number of aromatic nitrogens is 4. The van der Waals surface area contributed by atoms with Gasteiger partial charge in [-0.15, -0.1) is 0 Å². The van der Waals surface area contributed by atoms with Crippen LogP contribution in [-0.4, -0.2) is 57.0 Å². The predicted molar refractivity (Wildman–Crippen MR) is 83.2 cm³/mol. The van der Waals surface area contributed by atoms with Gasteiger partial charge in [-0.3, -0.25) is 9.78 Å². The number of methoxy groups -OCH3 is 1. The van der Waals surface area contributed by atoms with Crippen LogP contribution < -0.4 is 10.1 Å². The first-order chi connectivity index (χ1) is 11.3. The number of rotatable bonds is 4. The van der Waals surface area contributed by atoms with E-state index in [-0.39, 0.29) is 11.9 Å². The van der Waals surface area contributed by atoms with Crippen LogP contribution in [0.3, 0.4) is 0 Å². The fourth-order valence-corrected chi connectivity index (χ4v) is 2.51. The summed E-state index contributed by atoms with van der Waals surface area (Å²) in [4.78, 5) is 30.5. The van der Waals surface area contributed by atoms with Crippen molar-refractivity contribution < 1.29 is 9.53 Å². The Hall–Kier alpha value is -2.77. The van der Waals surface area contributed by atoms with Gasteiger partial charge in [0.2, 0.25) is 11.8 Å². The second kappa shape index (κ2) is 6.99. The molecule has 0 atom stereocenters. The minimum Gasteiger partial charge on any atom is -0.481 e. The lowest BCUT2D eigenvalue weighted by Gasteiger charge is -2.32. The van der Waals surface area contributed by atoms with Crippen LogP contribution in [0.4, 0.5) is 5.95 Å². The second-order valence-corrected chi connectivity index (χ2v) is 5.22. The van der Waals surface area contributed by atoms with Crippen LogP contribution in [0.15, 0.2) is 30.9 Å². The summed E-state index contributed by atoms with van der Waals surface area (Å²) in [6.45, 7) is 1.33. The number of likely N-dealkylation sites (tertiary alicyclic amines) is 1. The Bertz CT molecular complexity index is 658. The molecular formula is C15H18N6O2. The number of nitrogens with one attached hydrogen (secondary N) is 1. The van der Waals surface area contributed by atoms with Gasteiger partial charge < -0.3 is 15.0 Å². The number of ether oxygens (including phenoxy) is 1. The van der Waals surface area contributed by atoms with Gasteiger partial charge in [-0.1, -0.05) is 0 Å². The molecule has 3 heterocycles. The monoisotopic (exact) mass is 314 g/mol. The summed E-state index contributed by atoms with van der Waals surface area (Å²) in [6, 6.07) is 1.93. The minimum atomic E-state index is -0.0748. The average Bonchev–Trinajstić information content (AvgIpc) is 2.63. The quantitative estimate of drug-likeness (QED) is 0.899. The third-order valence-corrected chi connectivity index (χ3v) is 3.74. The minimum absolute atomic E-state index is 0.0748. The van der Waals surface area contributed by atoms with Crippen LogP contribution in [0, 0.1) is 0 Å². The Morgan fingerprint density at radius 2 is 2.09 bits per heavy atom. The Morgan fingerprint density at radius 1 is 1.26 bits per heavy atom. The van der Waals surface area contributed by atoms with E-state index in [1.54, 1.807) is 30.5 Å². The summed E-state index contributed by atoms with van der Waals surface area (Å²) in [5.41, 5.74) is 0.384. The number of hydrogen-bond acceptors (Lipinski definition) is 7. The van der Waals surface area contributed by atoms with Crippen LogP contribution in [0.25, 0.3) is 0 Å². The number of hydrogen-bond donors (Lipinski definition) is 1. The van der Waals surface area contributed by atoms with Gasteiger partial charge >= 0.3 is 0 Å². The zero-order valence-corrected chi connectivity index (χ0v) is 12.8. The first-order valence-electron chi connectivity index (χ1n) is 7.45. The van der Waals surface area contributed by atoms with Crippen molar-refractivity contribution in [2.24, 2.45) is 0 Å². The van der Waals surface area contributed by atoms with Gasteiger partial charge in [-0.05, 0) is 12.8 Å².